The molecule has 1 N–H and O–H groups in total. The van der Waals surface area contributed by atoms with E-state index >= 15 is 0 Å². The molecule has 1 fully saturated rings. The van der Waals surface area contributed by atoms with Crippen LogP contribution < -0.4 is 10.1 Å². The van der Waals surface area contributed by atoms with E-state index in [2.05, 4.69) is 5.32 Å². The fraction of sp³-hybridized carbons (Fsp3) is 0.333. The fourth-order valence-electron chi connectivity index (χ4n) is 2.82. The lowest BCUT2D eigenvalue weighted by atomic mass is 10.1. The van der Waals surface area contributed by atoms with Crippen LogP contribution in [0.1, 0.15) is 22.8 Å². The summed E-state index contributed by atoms with van der Waals surface area (Å²) in [4.78, 5) is 27.1. The highest BCUT2D eigenvalue weighted by atomic mass is 16.5. The van der Waals surface area contributed by atoms with Crippen LogP contribution in [0.15, 0.2) is 48.5 Å². The van der Waals surface area contributed by atoms with Gasteiger partial charge in [-0.15, -0.1) is 0 Å². The normalized spacial score (nSPS) is 15.1. The van der Waals surface area contributed by atoms with E-state index in [9.17, 15) is 9.59 Å². The third kappa shape index (κ3) is 4.86. The first-order chi connectivity index (χ1) is 13.0. The monoisotopic (exact) mass is 368 g/mol. The number of carbonyl (C=O) groups is 2. The van der Waals surface area contributed by atoms with Crippen molar-refractivity contribution in [2.45, 2.75) is 20.0 Å². The Kier molecular flexibility index (Phi) is 6.08. The zero-order valence-electron chi connectivity index (χ0n) is 15.6. The van der Waals surface area contributed by atoms with Crippen molar-refractivity contribution in [3.05, 3.63) is 59.7 Å². The summed E-state index contributed by atoms with van der Waals surface area (Å²) in [7, 11) is 0. The molecule has 27 heavy (non-hydrogen) atoms. The first-order valence-electron chi connectivity index (χ1n) is 9.05. The molecule has 1 saturated heterocycles. The fourth-order valence-corrected chi connectivity index (χ4v) is 2.82. The van der Waals surface area contributed by atoms with Gasteiger partial charge in [0.2, 0.25) is 0 Å². The number of rotatable bonds is 5. The lowest BCUT2D eigenvalue weighted by Crippen LogP contribution is -2.41. The second-order valence-electron chi connectivity index (χ2n) is 6.51. The summed E-state index contributed by atoms with van der Waals surface area (Å²) < 4.78 is 11.0. The number of anilines is 1. The molecule has 0 unspecified atom stereocenters. The van der Waals surface area contributed by atoms with Crippen molar-refractivity contribution in [1.29, 1.82) is 0 Å². The Labute approximate surface area is 159 Å². The molecule has 1 heterocycles. The zero-order valence-corrected chi connectivity index (χ0v) is 15.6. The summed E-state index contributed by atoms with van der Waals surface area (Å²) >= 11 is 0. The highest BCUT2D eigenvalue weighted by Gasteiger charge is 2.23. The van der Waals surface area contributed by atoms with E-state index in [4.69, 9.17) is 9.47 Å². The van der Waals surface area contributed by atoms with Crippen molar-refractivity contribution in [3.63, 3.8) is 0 Å². The average molecular weight is 368 g/mol. The van der Waals surface area contributed by atoms with Crippen LogP contribution in [-0.2, 0) is 9.53 Å². The summed E-state index contributed by atoms with van der Waals surface area (Å²) in [6, 6.07) is 14.5. The molecule has 1 aliphatic rings. The molecule has 0 aromatic heterocycles. The van der Waals surface area contributed by atoms with E-state index < -0.39 is 6.10 Å². The molecule has 142 valence electrons. The molecular formula is C21H24N2O4. The van der Waals surface area contributed by atoms with Gasteiger partial charge in [0.05, 0.1) is 24.5 Å². The summed E-state index contributed by atoms with van der Waals surface area (Å²) in [6.07, 6.45) is -0.695. The maximum atomic E-state index is 12.8. The number of carbonyl (C=O) groups excluding carboxylic acids is 2. The number of nitrogens with one attached hydrogen (secondary N) is 1. The number of hydrogen-bond acceptors (Lipinski definition) is 4. The van der Waals surface area contributed by atoms with Crippen LogP contribution in [0.25, 0.3) is 0 Å². The molecule has 0 radical (unpaired) electrons. The van der Waals surface area contributed by atoms with Gasteiger partial charge >= 0.3 is 0 Å². The van der Waals surface area contributed by atoms with Crippen LogP contribution in [0, 0.1) is 6.92 Å². The third-order valence-corrected chi connectivity index (χ3v) is 4.42. The molecule has 1 atom stereocenters. The number of nitrogens with zero attached hydrogens (tertiary/aromatic N) is 1. The van der Waals surface area contributed by atoms with Gasteiger partial charge in [-0.1, -0.05) is 29.8 Å². The van der Waals surface area contributed by atoms with Crippen molar-refractivity contribution >= 4 is 17.5 Å². The Morgan fingerprint density at radius 2 is 1.74 bits per heavy atom. The first-order valence-corrected chi connectivity index (χ1v) is 9.05. The van der Waals surface area contributed by atoms with Crippen LogP contribution in [0.5, 0.6) is 5.75 Å². The molecular weight excluding hydrogens is 344 g/mol. The molecule has 2 aromatic carbocycles. The molecule has 6 heteroatoms. The second kappa shape index (κ2) is 8.68. The Bertz CT molecular complexity index is 798. The Morgan fingerprint density at radius 3 is 2.44 bits per heavy atom. The maximum Gasteiger partial charge on any atom is 0.265 e. The van der Waals surface area contributed by atoms with Crippen LogP contribution >= 0.6 is 0 Å². The molecule has 0 aliphatic carbocycles. The Hall–Kier alpha value is -2.86. The minimum Gasteiger partial charge on any atom is -0.481 e. The van der Waals surface area contributed by atoms with Gasteiger partial charge in [-0.05, 0) is 38.1 Å². The topological polar surface area (TPSA) is 67.9 Å². The minimum atomic E-state index is -0.695. The summed E-state index contributed by atoms with van der Waals surface area (Å²) in [5, 5.41) is 2.82. The first kappa shape index (κ1) is 18.9. The van der Waals surface area contributed by atoms with Crippen molar-refractivity contribution < 1.29 is 19.1 Å². The smallest absolute Gasteiger partial charge is 0.265 e. The van der Waals surface area contributed by atoms with E-state index in [0.29, 0.717) is 43.3 Å². The van der Waals surface area contributed by atoms with E-state index in [-0.39, 0.29) is 11.8 Å². The highest BCUT2D eigenvalue weighted by Crippen LogP contribution is 2.19. The quantitative estimate of drug-likeness (QED) is 0.881. The number of ether oxygens (including phenoxy) is 2. The van der Waals surface area contributed by atoms with Crippen LogP contribution in [0.4, 0.5) is 5.69 Å². The molecule has 2 amide bonds. The van der Waals surface area contributed by atoms with Gasteiger partial charge in [-0.25, -0.2) is 0 Å². The summed E-state index contributed by atoms with van der Waals surface area (Å²) in [6.45, 7) is 5.83. The molecule has 6 nitrogen and oxygen atoms in total. The van der Waals surface area contributed by atoms with Crippen molar-refractivity contribution in [1.82, 2.24) is 4.90 Å². The number of amides is 2. The zero-order chi connectivity index (χ0) is 19.2. The second-order valence-corrected chi connectivity index (χ2v) is 6.51. The average Bonchev–Trinajstić information content (AvgIpc) is 2.70. The van der Waals surface area contributed by atoms with E-state index in [1.54, 1.807) is 36.1 Å². The van der Waals surface area contributed by atoms with Gasteiger partial charge in [-0.2, -0.15) is 0 Å². The Morgan fingerprint density at radius 1 is 1.07 bits per heavy atom. The van der Waals surface area contributed by atoms with Crippen molar-refractivity contribution in [2.75, 3.05) is 31.6 Å². The van der Waals surface area contributed by atoms with E-state index in [1.807, 2.05) is 31.2 Å². The van der Waals surface area contributed by atoms with E-state index in [0.717, 1.165) is 5.56 Å². The summed E-state index contributed by atoms with van der Waals surface area (Å²) in [5.74, 6) is 0.208. The number of para-hydroxylation sites is 1. The predicted molar refractivity (Wildman–Crippen MR) is 103 cm³/mol. The van der Waals surface area contributed by atoms with Gasteiger partial charge in [-0.3, -0.25) is 9.59 Å². The number of morpholine rings is 1. The highest BCUT2D eigenvalue weighted by molar-refractivity contribution is 6.04. The van der Waals surface area contributed by atoms with Gasteiger partial charge in [0.1, 0.15) is 5.75 Å². The van der Waals surface area contributed by atoms with Crippen molar-refractivity contribution in [2.24, 2.45) is 0 Å². The molecule has 0 saturated carbocycles. The van der Waals surface area contributed by atoms with Crippen LogP contribution in [0.3, 0.4) is 0 Å². The number of benzene rings is 2. The predicted octanol–water partition coefficient (Wildman–Crippen LogP) is 2.87. The van der Waals surface area contributed by atoms with Gasteiger partial charge < -0.3 is 19.7 Å². The van der Waals surface area contributed by atoms with Gasteiger partial charge in [0.15, 0.2) is 6.10 Å². The third-order valence-electron chi connectivity index (χ3n) is 4.42. The van der Waals surface area contributed by atoms with Gasteiger partial charge in [0.25, 0.3) is 11.8 Å². The van der Waals surface area contributed by atoms with Crippen LogP contribution in [-0.4, -0.2) is 49.1 Å². The molecule has 0 spiro atoms. The lowest BCUT2D eigenvalue weighted by molar-refractivity contribution is -0.122. The molecule has 1 aliphatic heterocycles. The lowest BCUT2D eigenvalue weighted by Gasteiger charge is -2.27. The Balaban J connectivity index is 1.68. The van der Waals surface area contributed by atoms with Gasteiger partial charge in [0, 0.05) is 13.1 Å². The van der Waals surface area contributed by atoms with Crippen LogP contribution in [0.2, 0.25) is 0 Å². The number of hydrogen-bond donors (Lipinski definition) is 1. The maximum absolute atomic E-state index is 12.8. The summed E-state index contributed by atoms with van der Waals surface area (Å²) in [5.41, 5.74) is 2.07. The SMILES string of the molecule is Cc1ccc(O[C@@H](C)C(=O)Nc2ccccc2C(=O)N2CCOCC2)cc1. The largest absolute Gasteiger partial charge is 0.481 e. The standard InChI is InChI=1S/C21H24N2O4/c1-15-7-9-17(10-8-15)27-16(2)20(24)22-19-6-4-3-5-18(19)21(25)23-11-13-26-14-12-23/h3-10,16H,11-14H2,1-2H3,(H,22,24)/t16-/m0/s1. The molecule has 2 aromatic rings. The number of aryl methyl sites for hydroxylation is 1. The van der Waals surface area contributed by atoms with Crippen molar-refractivity contribution in [3.8, 4) is 5.75 Å². The minimum absolute atomic E-state index is 0.110. The molecule has 0 bridgehead atoms. The van der Waals surface area contributed by atoms with E-state index in [1.165, 1.54) is 0 Å². The molecule has 3 rings (SSSR count).